The largest absolute Gasteiger partial charge is 0.469 e. The highest BCUT2D eigenvalue weighted by Crippen LogP contribution is 2.25. The molecule has 0 spiro atoms. The van der Waals surface area contributed by atoms with Crippen LogP contribution < -0.4 is 5.32 Å². The van der Waals surface area contributed by atoms with Crippen LogP contribution in [0.5, 0.6) is 0 Å². The van der Waals surface area contributed by atoms with Gasteiger partial charge in [0, 0.05) is 29.0 Å². The van der Waals surface area contributed by atoms with Crippen molar-refractivity contribution in [2.24, 2.45) is 0 Å². The van der Waals surface area contributed by atoms with Gasteiger partial charge in [-0.15, -0.1) is 11.3 Å². The first-order chi connectivity index (χ1) is 11.9. The Labute approximate surface area is 155 Å². The molecule has 8 heteroatoms. The summed E-state index contributed by atoms with van der Waals surface area (Å²) in [5, 5.41) is 5.97. The van der Waals surface area contributed by atoms with E-state index >= 15 is 0 Å². The molecule has 134 valence electrons. The van der Waals surface area contributed by atoms with E-state index in [0.29, 0.717) is 32.6 Å². The molecule has 2 amide bonds. The summed E-state index contributed by atoms with van der Waals surface area (Å²) >= 11 is 3.24. The molecule has 1 N–H and O–H groups in total. The number of nitrogens with one attached hydrogen (secondary N) is 1. The van der Waals surface area contributed by atoms with Gasteiger partial charge in [0.15, 0.2) is 5.13 Å². The smallest absolute Gasteiger partial charge is 0.260 e. The molecule has 2 aromatic heterocycles. The summed E-state index contributed by atoms with van der Waals surface area (Å²) < 4.78 is 5.14. The molecule has 3 heterocycles. The van der Waals surface area contributed by atoms with Crippen molar-refractivity contribution in [2.75, 3.05) is 18.4 Å². The Morgan fingerprint density at radius 2 is 2.08 bits per heavy atom. The van der Waals surface area contributed by atoms with Gasteiger partial charge in [-0.1, -0.05) is 13.8 Å². The lowest BCUT2D eigenvalue weighted by Crippen LogP contribution is -2.44. The van der Waals surface area contributed by atoms with Gasteiger partial charge in [0.2, 0.25) is 5.91 Å². The molecule has 2 aromatic rings. The summed E-state index contributed by atoms with van der Waals surface area (Å²) in [5.41, 5.74) is 1.18. The third kappa shape index (κ3) is 4.43. The van der Waals surface area contributed by atoms with Gasteiger partial charge in [0.1, 0.15) is 5.76 Å². The third-order valence-corrected chi connectivity index (χ3v) is 6.01. The van der Waals surface area contributed by atoms with E-state index in [2.05, 4.69) is 24.1 Å². The topological polar surface area (TPSA) is 75.4 Å². The molecule has 1 saturated heterocycles. The van der Waals surface area contributed by atoms with E-state index < -0.39 is 0 Å². The molecule has 1 aliphatic rings. The van der Waals surface area contributed by atoms with E-state index in [1.54, 1.807) is 13.0 Å². The van der Waals surface area contributed by atoms with E-state index in [-0.39, 0.29) is 18.2 Å². The van der Waals surface area contributed by atoms with Crippen LogP contribution in [0.15, 0.2) is 22.1 Å². The van der Waals surface area contributed by atoms with Crippen LogP contribution >= 0.6 is 23.1 Å². The Balaban J connectivity index is 1.59. The normalized spacial score (nSPS) is 20.5. The molecule has 0 radical (unpaired) electrons. The molecule has 1 fully saturated rings. The summed E-state index contributed by atoms with van der Waals surface area (Å²) in [6, 6.07) is 1.62. The number of aryl methyl sites for hydroxylation is 1. The first-order valence-electron chi connectivity index (χ1n) is 8.15. The maximum absolute atomic E-state index is 12.5. The number of hydrogen-bond acceptors (Lipinski definition) is 6. The van der Waals surface area contributed by atoms with Crippen LogP contribution in [0, 0.1) is 6.92 Å². The van der Waals surface area contributed by atoms with Gasteiger partial charge in [-0.05, 0) is 13.0 Å². The van der Waals surface area contributed by atoms with Crippen molar-refractivity contribution >= 4 is 40.0 Å². The summed E-state index contributed by atoms with van der Waals surface area (Å²) in [6.07, 6.45) is 1.75. The fraction of sp³-hybridized carbons (Fsp3) is 0.471. The van der Waals surface area contributed by atoms with Crippen LogP contribution in [0.25, 0.3) is 0 Å². The number of amides is 2. The van der Waals surface area contributed by atoms with Crippen LogP contribution in [0.1, 0.15) is 35.7 Å². The molecule has 6 nitrogen and oxygen atoms in total. The number of thiazole rings is 1. The molecule has 0 aliphatic carbocycles. The second-order valence-electron chi connectivity index (χ2n) is 6.22. The van der Waals surface area contributed by atoms with Gasteiger partial charge in [-0.2, -0.15) is 11.8 Å². The van der Waals surface area contributed by atoms with Gasteiger partial charge in [0.05, 0.1) is 23.9 Å². The molecule has 25 heavy (non-hydrogen) atoms. The van der Waals surface area contributed by atoms with Gasteiger partial charge in [0.25, 0.3) is 5.91 Å². The average molecular weight is 380 g/mol. The quantitative estimate of drug-likeness (QED) is 0.883. The Kier molecular flexibility index (Phi) is 5.48. The highest BCUT2D eigenvalue weighted by molar-refractivity contribution is 8.00. The number of rotatable bonds is 4. The molecule has 2 atom stereocenters. The molecular formula is C17H21N3O3S2. The Hall–Kier alpha value is -1.80. The highest BCUT2D eigenvalue weighted by Gasteiger charge is 2.26. The maximum atomic E-state index is 12.5. The predicted molar refractivity (Wildman–Crippen MR) is 100 cm³/mol. The van der Waals surface area contributed by atoms with Crippen molar-refractivity contribution < 1.29 is 14.0 Å². The summed E-state index contributed by atoms with van der Waals surface area (Å²) in [5.74, 6) is 0.401. The standard InChI is InChI=1S/C17H21N3O3S2/c1-10-7-20(8-11(2)25-10)15(21)6-13-9-24-17(18-13)19-16(22)14-4-5-23-12(14)3/h4-5,9-11H,6-8H2,1-3H3,(H,18,19,22)/t10-,11-/m1/s1. The molecule has 0 bridgehead atoms. The van der Waals surface area contributed by atoms with E-state index in [1.807, 2.05) is 22.0 Å². The lowest BCUT2D eigenvalue weighted by Gasteiger charge is -2.34. The maximum Gasteiger partial charge on any atom is 0.260 e. The zero-order valence-corrected chi connectivity index (χ0v) is 16.1. The molecule has 0 saturated carbocycles. The van der Waals surface area contributed by atoms with E-state index in [4.69, 9.17) is 4.42 Å². The molecular weight excluding hydrogens is 358 g/mol. The zero-order valence-electron chi connectivity index (χ0n) is 14.4. The van der Waals surface area contributed by atoms with Crippen molar-refractivity contribution in [2.45, 2.75) is 37.7 Å². The van der Waals surface area contributed by atoms with Crippen molar-refractivity contribution in [1.82, 2.24) is 9.88 Å². The SMILES string of the molecule is Cc1occc1C(=O)Nc1nc(CC(=O)N2C[C@@H](C)S[C@H](C)C2)cs1. The summed E-state index contributed by atoms with van der Waals surface area (Å²) in [4.78, 5) is 30.9. The number of carbonyl (C=O) groups is 2. The zero-order chi connectivity index (χ0) is 18.0. The Bertz CT molecular complexity index is 761. The van der Waals surface area contributed by atoms with E-state index in [0.717, 1.165) is 13.1 Å². The van der Waals surface area contributed by atoms with E-state index in [9.17, 15) is 9.59 Å². The number of hydrogen-bond donors (Lipinski definition) is 1. The van der Waals surface area contributed by atoms with Crippen LogP contribution in [0.4, 0.5) is 5.13 Å². The third-order valence-electron chi connectivity index (χ3n) is 3.98. The van der Waals surface area contributed by atoms with Crippen LogP contribution in [0.3, 0.4) is 0 Å². The fourth-order valence-corrected chi connectivity index (χ4v) is 4.91. The van der Waals surface area contributed by atoms with Gasteiger partial charge in [-0.3, -0.25) is 14.9 Å². The minimum absolute atomic E-state index is 0.0906. The highest BCUT2D eigenvalue weighted by atomic mass is 32.2. The van der Waals surface area contributed by atoms with Crippen LogP contribution in [0.2, 0.25) is 0 Å². The van der Waals surface area contributed by atoms with Gasteiger partial charge >= 0.3 is 0 Å². The lowest BCUT2D eigenvalue weighted by atomic mass is 10.2. The lowest BCUT2D eigenvalue weighted by molar-refractivity contribution is -0.130. The predicted octanol–water partition coefficient (Wildman–Crippen LogP) is 3.19. The molecule has 1 aliphatic heterocycles. The average Bonchev–Trinajstić information content (AvgIpc) is 3.15. The number of furan rings is 1. The number of aromatic nitrogens is 1. The minimum Gasteiger partial charge on any atom is -0.469 e. The van der Waals surface area contributed by atoms with Gasteiger partial charge < -0.3 is 9.32 Å². The second kappa shape index (κ2) is 7.61. The number of thioether (sulfide) groups is 1. The van der Waals surface area contributed by atoms with Gasteiger partial charge in [-0.25, -0.2) is 4.98 Å². The van der Waals surface area contributed by atoms with Crippen molar-refractivity contribution in [3.05, 3.63) is 34.7 Å². The van der Waals surface area contributed by atoms with Crippen LogP contribution in [-0.4, -0.2) is 45.3 Å². The van der Waals surface area contributed by atoms with E-state index in [1.165, 1.54) is 17.6 Å². The van der Waals surface area contributed by atoms with Crippen molar-refractivity contribution in [3.63, 3.8) is 0 Å². The molecule has 3 rings (SSSR count). The number of carbonyl (C=O) groups excluding carboxylic acids is 2. The molecule has 0 unspecified atom stereocenters. The first-order valence-corrected chi connectivity index (χ1v) is 9.97. The van der Waals surface area contributed by atoms with Crippen molar-refractivity contribution in [1.29, 1.82) is 0 Å². The van der Waals surface area contributed by atoms with Crippen molar-refractivity contribution in [3.8, 4) is 0 Å². The fourth-order valence-electron chi connectivity index (χ4n) is 2.88. The Morgan fingerprint density at radius 3 is 2.72 bits per heavy atom. The monoisotopic (exact) mass is 379 g/mol. The Morgan fingerprint density at radius 1 is 1.36 bits per heavy atom. The second-order valence-corrected chi connectivity index (χ2v) is 8.96. The number of anilines is 1. The molecule has 0 aromatic carbocycles. The number of nitrogens with zero attached hydrogens (tertiary/aromatic N) is 2. The first kappa shape index (κ1) is 18.0. The summed E-state index contributed by atoms with van der Waals surface area (Å²) in [7, 11) is 0. The van der Waals surface area contributed by atoms with Crippen LogP contribution in [-0.2, 0) is 11.2 Å². The summed E-state index contributed by atoms with van der Waals surface area (Å²) in [6.45, 7) is 7.59. The minimum atomic E-state index is -0.255.